The number of hydrogen-bond donors (Lipinski definition) is 1. The number of methoxy groups -OCH3 is 1. The zero-order chi connectivity index (χ0) is 13.1. The second-order valence-corrected chi connectivity index (χ2v) is 5.03. The maximum absolute atomic E-state index is 12.6. The number of rotatable bonds is 4. The minimum atomic E-state index is -3.85. The largest absolute Gasteiger partial charge is 0.468 e. The molecule has 1 aromatic carbocycles. The second-order valence-electron chi connectivity index (χ2n) is 3.32. The van der Waals surface area contributed by atoms with Crippen molar-refractivity contribution in [1.82, 2.24) is 4.72 Å². The summed E-state index contributed by atoms with van der Waals surface area (Å²) in [4.78, 5) is 10.9. The molecule has 1 rings (SSSR count). The van der Waals surface area contributed by atoms with E-state index >= 15 is 0 Å². The van der Waals surface area contributed by atoms with Crippen LogP contribution in [0.4, 0.5) is 4.39 Å². The molecule has 0 aliphatic rings. The Labute approximate surface area is 98.6 Å². The maximum Gasteiger partial charge on any atom is 0.323 e. The SMILES string of the molecule is COC(=O)[C@@H](C)NS(=O)(=O)c1ccc(F)cc1. The molecule has 0 amide bonds. The zero-order valence-electron chi connectivity index (χ0n) is 9.31. The summed E-state index contributed by atoms with van der Waals surface area (Å²) >= 11 is 0. The molecule has 7 heteroatoms. The highest BCUT2D eigenvalue weighted by molar-refractivity contribution is 7.89. The number of carbonyl (C=O) groups is 1. The lowest BCUT2D eigenvalue weighted by Crippen LogP contribution is -2.39. The second kappa shape index (κ2) is 5.24. The molecule has 1 atom stereocenters. The molecule has 5 nitrogen and oxygen atoms in total. The molecule has 0 heterocycles. The average molecular weight is 261 g/mol. The summed E-state index contributed by atoms with van der Waals surface area (Å²) in [6.45, 7) is 1.35. The Morgan fingerprint density at radius 2 is 1.88 bits per heavy atom. The third-order valence-corrected chi connectivity index (χ3v) is 3.57. The number of esters is 1. The molecular weight excluding hydrogens is 249 g/mol. The topological polar surface area (TPSA) is 72.5 Å². The van der Waals surface area contributed by atoms with Crippen LogP contribution >= 0.6 is 0 Å². The maximum atomic E-state index is 12.6. The first kappa shape index (κ1) is 13.6. The molecule has 1 N–H and O–H groups in total. The van der Waals surface area contributed by atoms with Crippen molar-refractivity contribution in [1.29, 1.82) is 0 Å². The lowest BCUT2D eigenvalue weighted by atomic mass is 10.4. The first-order valence-corrected chi connectivity index (χ1v) is 6.21. The van der Waals surface area contributed by atoms with Crippen molar-refractivity contribution in [3.63, 3.8) is 0 Å². The van der Waals surface area contributed by atoms with E-state index in [2.05, 4.69) is 9.46 Å². The van der Waals surface area contributed by atoms with E-state index in [4.69, 9.17) is 0 Å². The van der Waals surface area contributed by atoms with Gasteiger partial charge in [0.15, 0.2) is 0 Å². The van der Waals surface area contributed by atoms with Crippen molar-refractivity contribution < 1.29 is 22.3 Å². The highest BCUT2D eigenvalue weighted by atomic mass is 32.2. The summed E-state index contributed by atoms with van der Waals surface area (Å²) < 4.78 is 42.6. The van der Waals surface area contributed by atoms with Gasteiger partial charge in [-0.3, -0.25) is 4.79 Å². The van der Waals surface area contributed by atoms with Gasteiger partial charge in [-0.05, 0) is 31.2 Å². The molecule has 0 radical (unpaired) electrons. The molecule has 0 fully saturated rings. The summed E-state index contributed by atoms with van der Waals surface area (Å²) in [6.07, 6.45) is 0. The number of benzene rings is 1. The molecule has 0 aliphatic carbocycles. The number of ether oxygens (including phenoxy) is 1. The van der Waals surface area contributed by atoms with Crippen molar-refractivity contribution >= 4 is 16.0 Å². The van der Waals surface area contributed by atoms with Crippen LogP contribution in [0.1, 0.15) is 6.92 Å². The summed E-state index contributed by atoms with van der Waals surface area (Å²) in [5.74, 6) is -1.24. The smallest absolute Gasteiger partial charge is 0.323 e. The van der Waals surface area contributed by atoms with E-state index in [-0.39, 0.29) is 4.90 Å². The van der Waals surface area contributed by atoms with Gasteiger partial charge in [0.2, 0.25) is 10.0 Å². The molecular formula is C10H12FNO4S. The number of carbonyl (C=O) groups excluding carboxylic acids is 1. The van der Waals surface area contributed by atoms with Gasteiger partial charge in [0.05, 0.1) is 12.0 Å². The molecule has 1 aromatic rings. The van der Waals surface area contributed by atoms with Crippen LogP contribution in [0.3, 0.4) is 0 Å². The first-order chi connectivity index (χ1) is 7.86. The third kappa shape index (κ3) is 3.50. The van der Waals surface area contributed by atoms with Crippen LogP contribution in [0.25, 0.3) is 0 Å². The van der Waals surface area contributed by atoms with Gasteiger partial charge in [-0.2, -0.15) is 4.72 Å². The zero-order valence-corrected chi connectivity index (χ0v) is 10.1. The van der Waals surface area contributed by atoms with Crippen LogP contribution in [0.2, 0.25) is 0 Å². The van der Waals surface area contributed by atoms with Gasteiger partial charge in [0.25, 0.3) is 0 Å². The molecule has 0 bridgehead atoms. The van der Waals surface area contributed by atoms with E-state index in [0.717, 1.165) is 31.4 Å². The first-order valence-electron chi connectivity index (χ1n) is 4.72. The lowest BCUT2D eigenvalue weighted by molar-refractivity contribution is -0.142. The van der Waals surface area contributed by atoms with Gasteiger partial charge in [0.1, 0.15) is 11.9 Å². The molecule has 0 saturated carbocycles. The Kier molecular flexibility index (Phi) is 4.19. The van der Waals surface area contributed by atoms with E-state index in [9.17, 15) is 17.6 Å². The molecule has 0 spiro atoms. The predicted octanol–water partition coefficient (Wildman–Crippen LogP) is 0.665. The molecule has 94 valence electrons. The van der Waals surface area contributed by atoms with E-state index in [0.29, 0.717) is 0 Å². The lowest BCUT2D eigenvalue weighted by Gasteiger charge is -2.11. The van der Waals surface area contributed by atoms with E-state index < -0.39 is 27.9 Å². The Hall–Kier alpha value is -1.47. The summed E-state index contributed by atoms with van der Waals surface area (Å²) in [6, 6.07) is 3.27. The molecule has 17 heavy (non-hydrogen) atoms. The number of halogens is 1. The van der Waals surface area contributed by atoms with E-state index in [1.54, 1.807) is 0 Å². The summed E-state index contributed by atoms with van der Waals surface area (Å²) in [5, 5.41) is 0. The Morgan fingerprint density at radius 1 is 1.35 bits per heavy atom. The van der Waals surface area contributed by atoms with Crippen LogP contribution in [0.15, 0.2) is 29.2 Å². The van der Waals surface area contributed by atoms with Crippen molar-refractivity contribution in [2.24, 2.45) is 0 Å². The quantitative estimate of drug-likeness (QED) is 0.808. The van der Waals surface area contributed by atoms with Gasteiger partial charge >= 0.3 is 5.97 Å². The Balaban J connectivity index is 2.89. The standard InChI is InChI=1S/C10H12FNO4S/c1-7(10(13)16-2)12-17(14,15)9-5-3-8(11)4-6-9/h3-7,12H,1-2H3/t7-/m1/s1. The van der Waals surface area contributed by atoms with Gasteiger partial charge < -0.3 is 4.74 Å². The highest BCUT2D eigenvalue weighted by Crippen LogP contribution is 2.10. The fourth-order valence-corrected chi connectivity index (χ4v) is 2.33. The third-order valence-electron chi connectivity index (χ3n) is 2.01. The van der Waals surface area contributed by atoms with Gasteiger partial charge in [-0.1, -0.05) is 0 Å². The average Bonchev–Trinajstić information content (AvgIpc) is 2.27. The minimum Gasteiger partial charge on any atom is -0.468 e. The Bertz CT molecular complexity index is 498. The van der Waals surface area contributed by atoms with Gasteiger partial charge in [-0.15, -0.1) is 0 Å². The molecule has 0 aromatic heterocycles. The molecule has 0 saturated heterocycles. The van der Waals surface area contributed by atoms with Crippen LogP contribution in [0, 0.1) is 5.82 Å². The summed E-state index contributed by atoms with van der Waals surface area (Å²) in [5.41, 5.74) is 0. The van der Waals surface area contributed by atoms with E-state index in [1.165, 1.54) is 6.92 Å². The van der Waals surface area contributed by atoms with Crippen molar-refractivity contribution in [3.05, 3.63) is 30.1 Å². The van der Waals surface area contributed by atoms with Crippen molar-refractivity contribution in [2.45, 2.75) is 17.9 Å². The van der Waals surface area contributed by atoms with Crippen LogP contribution < -0.4 is 4.72 Å². The molecule has 0 aliphatic heterocycles. The van der Waals surface area contributed by atoms with E-state index in [1.807, 2.05) is 0 Å². The highest BCUT2D eigenvalue weighted by Gasteiger charge is 2.22. The monoisotopic (exact) mass is 261 g/mol. The fraction of sp³-hybridized carbons (Fsp3) is 0.300. The predicted molar refractivity (Wildman–Crippen MR) is 58.2 cm³/mol. The summed E-state index contributed by atoms with van der Waals surface area (Å²) in [7, 11) is -2.69. The number of hydrogen-bond acceptors (Lipinski definition) is 4. The van der Waals surface area contributed by atoms with Crippen LogP contribution in [0.5, 0.6) is 0 Å². The minimum absolute atomic E-state index is 0.116. The molecule has 0 unspecified atom stereocenters. The normalized spacial score (nSPS) is 13.1. The van der Waals surface area contributed by atoms with Crippen LogP contribution in [-0.2, 0) is 19.6 Å². The van der Waals surface area contributed by atoms with Gasteiger partial charge in [0, 0.05) is 0 Å². The van der Waals surface area contributed by atoms with Gasteiger partial charge in [-0.25, -0.2) is 12.8 Å². The fourth-order valence-electron chi connectivity index (χ4n) is 1.14. The van der Waals surface area contributed by atoms with Crippen molar-refractivity contribution in [2.75, 3.05) is 7.11 Å². The number of sulfonamides is 1. The Morgan fingerprint density at radius 3 is 2.35 bits per heavy atom. The van der Waals surface area contributed by atoms with Crippen LogP contribution in [-0.4, -0.2) is 27.5 Å². The van der Waals surface area contributed by atoms with Crippen molar-refractivity contribution in [3.8, 4) is 0 Å². The number of nitrogens with one attached hydrogen (secondary N) is 1.